The predicted octanol–water partition coefficient (Wildman–Crippen LogP) is 2.08. The number of rotatable bonds is 6. The summed E-state index contributed by atoms with van der Waals surface area (Å²) in [6.45, 7) is 5.57. The molecule has 0 aliphatic heterocycles. The molecule has 0 saturated heterocycles. The molecule has 0 bridgehead atoms. The summed E-state index contributed by atoms with van der Waals surface area (Å²) >= 11 is 4.16. The second-order valence-electron chi connectivity index (χ2n) is 2.72. The predicted molar refractivity (Wildman–Crippen MR) is 50.8 cm³/mol. The molecule has 0 fully saturated rings. The van der Waals surface area contributed by atoms with Gasteiger partial charge in [0, 0.05) is 6.04 Å². The van der Waals surface area contributed by atoms with Crippen molar-refractivity contribution in [2.24, 2.45) is 0 Å². The zero-order valence-corrected chi connectivity index (χ0v) is 7.95. The Bertz CT molecular complexity index is 58.3. The Morgan fingerprint density at radius 1 is 1.50 bits per heavy atom. The van der Waals surface area contributed by atoms with Crippen molar-refractivity contribution in [2.75, 3.05) is 12.3 Å². The highest BCUT2D eigenvalue weighted by Gasteiger charge is 1.97. The van der Waals surface area contributed by atoms with E-state index in [9.17, 15) is 0 Å². The van der Waals surface area contributed by atoms with Gasteiger partial charge in [-0.1, -0.05) is 6.92 Å². The maximum Gasteiger partial charge on any atom is 0.00390 e. The van der Waals surface area contributed by atoms with Crippen LogP contribution in [0.4, 0.5) is 0 Å². The van der Waals surface area contributed by atoms with Gasteiger partial charge in [0.25, 0.3) is 0 Å². The number of thiol groups is 1. The van der Waals surface area contributed by atoms with E-state index in [0.717, 1.165) is 12.3 Å². The third-order valence-corrected chi connectivity index (χ3v) is 1.85. The van der Waals surface area contributed by atoms with Gasteiger partial charge in [-0.3, -0.25) is 0 Å². The molecule has 0 spiro atoms. The lowest BCUT2D eigenvalue weighted by Gasteiger charge is -2.11. The van der Waals surface area contributed by atoms with Gasteiger partial charge in [-0.25, -0.2) is 0 Å². The molecule has 1 nitrogen and oxygen atoms in total. The molecule has 0 amide bonds. The normalized spacial score (nSPS) is 13.5. The van der Waals surface area contributed by atoms with Gasteiger partial charge < -0.3 is 5.32 Å². The first-order valence-electron chi connectivity index (χ1n) is 4.15. The van der Waals surface area contributed by atoms with Crippen LogP contribution in [0.3, 0.4) is 0 Å². The van der Waals surface area contributed by atoms with Crippen LogP contribution in [0.2, 0.25) is 0 Å². The minimum Gasteiger partial charge on any atom is -0.314 e. The number of hydrogen-bond donors (Lipinski definition) is 2. The van der Waals surface area contributed by atoms with E-state index in [-0.39, 0.29) is 0 Å². The van der Waals surface area contributed by atoms with Crippen LogP contribution < -0.4 is 5.32 Å². The number of nitrogens with one attached hydrogen (secondary N) is 1. The molecule has 0 rings (SSSR count). The Labute approximate surface area is 70.0 Å². The first-order chi connectivity index (χ1) is 4.81. The van der Waals surface area contributed by atoms with E-state index in [2.05, 4.69) is 31.8 Å². The molecule has 62 valence electrons. The largest absolute Gasteiger partial charge is 0.314 e. The highest BCUT2D eigenvalue weighted by molar-refractivity contribution is 7.80. The van der Waals surface area contributed by atoms with Gasteiger partial charge in [-0.15, -0.1) is 0 Å². The van der Waals surface area contributed by atoms with Gasteiger partial charge >= 0.3 is 0 Å². The Hall–Kier alpha value is 0.310. The summed E-state index contributed by atoms with van der Waals surface area (Å²) in [6, 6.07) is 0.673. The fraction of sp³-hybridized carbons (Fsp3) is 1.00. The molecule has 1 N–H and O–H groups in total. The van der Waals surface area contributed by atoms with Crippen molar-refractivity contribution in [1.82, 2.24) is 5.32 Å². The summed E-state index contributed by atoms with van der Waals surface area (Å²) in [7, 11) is 0. The average Bonchev–Trinajstić information content (AvgIpc) is 1.97. The molecule has 0 radical (unpaired) electrons. The molecule has 0 aromatic heterocycles. The van der Waals surface area contributed by atoms with Crippen molar-refractivity contribution in [3.63, 3.8) is 0 Å². The summed E-state index contributed by atoms with van der Waals surface area (Å²) in [5, 5.41) is 3.43. The van der Waals surface area contributed by atoms with Crippen LogP contribution in [0.5, 0.6) is 0 Å². The summed E-state index contributed by atoms with van der Waals surface area (Å²) in [5.41, 5.74) is 0. The average molecular weight is 161 g/mol. The minimum absolute atomic E-state index is 0.673. The second kappa shape index (κ2) is 7.42. The van der Waals surface area contributed by atoms with Gasteiger partial charge in [0.2, 0.25) is 0 Å². The van der Waals surface area contributed by atoms with Gasteiger partial charge in [-0.2, -0.15) is 12.6 Å². The fourth-order valence-corrected chi connectivity index (χ4v) is 1.07. The highest BCUT2D eigenvalue weighted by Crippen LogP contribution is 1.97. The molecule has 0 saturated carbocycles. The molecule has 0 aromatic carbocycles. The lowest BCUT2D eigenvalue weighted by Crippen LogP contribution is -2.26. The smallest absolute Gasteiger partial charge is 0.00390 e. The quantitative estimate of drug-likeness (QED) is 0.568. The molecule has 0 aromatic rings. The fourth-order valence-electron chi connectivity index (χ4n) is 0.890. The van der Waals surface area contributed by atoms with Gasteiger partial charge in [-0.05, 0) is 38.5 Å². The third-order valence-electron chi connectivity index (χ3n) is 1.54. The number of hydrogen-bond acceptors (Lipinski definition) is 2. The summed E-state index contributed by atoms with van der Waals surface area (Å²) in [4.78, 5) is 0. The summed E-state index contributed by atoms with van der Waals surface area (Å²) in [5.74, 6) is 1.01. The van der Waals surface area contributed by atoms with E-state index in [1.165, 1.54) is 19.3 Å². The van der Waals surface area contributed by atoms with Crippen LogP contribution in [-0.2, 0) is 0 Å². The maximum atomic E-state index is 4.16. The zero-order chi connectivity index (χ0) is 7.82. The minimum atomic E-state index is 0.673. The third kappa shape index (κ3) is 6.43. The monoisotopic (exact) mass is 161 g/mol. The molecular weight excluding hydrogens is 142 g/mol. The van der Waals surface area contributed by atoms with Crippen molar-refractivity contribution in [3.8, 4) is 0 Å². The lowest BCUT2D eigenvalue weighted by molar-refractivity contribution is 0.510. The van der Waals surface area contributed by atoms with Gasteiger partial charge in [0.15, 0.2) is 0 Å². The zero-order valence-electron chi connectivity index (χ0n) is 7.06. The molecule has 0 aliphatic rings. The second-order valence-corrected chi connectivity index (χ2v) is 3.17. The first kappa shape index (κ1) is 10.3. The first-order valence-corrected chi connectivity index (χ1v) is 4.78. The highest BCUT2D eigenvalue weighted by atomic mass is 32.1. The molecule has 2 heteroatoms. The van der Waals surface area contributed by atoms with E-state index >= 15 is 0 Å². The Kier molecular flexibility index (Phi) is 7.65. The Morgan fingerprint density at radius 2 is 2.20 bits per heavy atom. The van der Waals surface area contributed by atoms with Crippen molar-refractivity contribution in [2.45, 2.75) is 39.2 Å². The van der Waals surface area contributed by atoms with E-state index in [1.54, 1.807) is 0 Å². The van der Waals surface area contributed by atoms with Gasteiger partial charge in [0.05, 0.1) is 0 Å². The molecule has 1 unspecified atom stereocenters. The van der Waals surface area contributed by atoms with Crippen molar-refractivity contribution in [3.05, 3.63) is 0 Å². The standard InChI is InChI=1S/C8H19NS/c1-3-6-9-8(2)5-4-7-10/h8-10H,3-7H2,1-2H3. The van der Waals surface area contributed by atoms with E-state index in [1.807, 2.05) is 0 Å². The lowest BCUT2D eigenvalue weighted by atomic mass is 10.2. The SMILES string of the molecule is CCCNC(C)CCCS. The Balaban J connectivity index is 3.00. The van der Waals surface area contributed by atoms with Crippen LogP contribution in [-0.4, -0.2) is 18.3 Å². The molecular formula is C8H19NS. The van der Waals surface area contributed by atoms with E-state index < -0.39 is 0 Å². The molecule has 0 aliphatic carbocycles. The topological polar surface area (TPSA) is 12.0 Å². The van der Waals surface area contributed by atoms with Crippen LogP contribution in [0.1, 0.15) is 33.1 Å². The van der Waals surface area contributed by atoms with Crippen molar-refractivity contribution >= 4 is 12.6 Å². The molecule has 1 atom stereocenters. The van der Waals surface area contributed by atoms with Crippen LogP contribution in [0.25, 0.3) is 0 Å². The van der Waals surface area contributed by atoms with Crippen LogP contribution in [0, 0.1) is 0 Å². The van der Waals surface area contributed by atoms with Crippen LogP contribution in [0.15, 0.2) is 0 Å². The van der Waals surface area contributed by atoms with E-state index in [4.69, 9.17) is 0 Å². The van der Waals surface area contributed by atoms with Crippen molar-refractivity contribution in [1.29, 1.82) is 0 Å². The Morgan fingerprint density at radius 3 is 2.70 bits per heavy atom. The maximum absolute atomic E-state index is 4.16. The summed E-state index contributed by atoms with van der Waals surface area (Å²) < 4.78 is 0. The summed E-state index contributed by atoms with van der Waals surface area (Å²) in [6.07, 6.45) is 3.70. The molecule has 0 heterocycles. The van der Waals surface area contributed by atoms with E-state index in [0.29, 0.717) is 6.04 Å². The van der Waals surface area contributed by atoms with Gasteiger partial charge in [0.1, 0.15) is 0 Å². The van der Waals surface area contributed by atoms with Crippen LogP contribution >= 0.6 is 12.6 Å². The molecule has 10 heavy (non-hydrogen) atoms. The van der Waals surface area contributed by atoms with Crippen molar-refractivity contribution < 1.29 is 0 Å².